The van der Waals surface area contributed by atoms with Crippen molar-refractivity contribution in [2.75, 3.05) is 11.3 Å². The van der Waals surface area contributed by atoms with Crippen LogP contribution in [0, 0.1) is 6.92 Å². The second-order valence-electron chi connectivity index (χ2n) is 3.91. The van der Waals surface area contributed by atoms with Crippen molar-refractivity contribution in [3.8, 4) is 6.01 Å². The lowest BCUT2D eigenvalue weighted by molar-refractivity contribution is 0.314. The van der Waals surface area contributed by atoms with Crippen LogP contribution in [0.2, 0.25) is 5.02 Å². The molecule has 0 spiro atoms. The molecule has 0 aliphatic carbocycles. The average molecular weight is 317 g/mol. The summed E-state index contributed by atoms with van der Waals surface area (Å²) >= 11 is 5.82. The lowest BCUT2D eigenvalue weighted by atomic mass is 10.2. The molecule has 0 amide bonds. The molecule has 1 aromatic carbocycles. The maximum absolute atomic E-state index is 12.2. The molecule has 1 heterocycles. The Morgan fingerprint density at radius 1 is 1.45 bits per heavy atom. The molecular formula is C11H13ClN4O3S. The molecule has 0 aliphatic heterocycles. The summed E-state index contributed by atoms with van der Waals surface area (Å²) < 4.78 is 31.8. The minimum atomic E-state index is -3.79. The molecule has 0 atom stereocenters. The third-order valence-electron chi connectivity index (χ3n) is 2.41. The molecule has 0 unspecified atom stereocenters. The van der Waals surface area contributed by atoms with E-state index in [1.165, 1.54) is 6.07 Å². The molecule has 1 aromatic heterocycles. The van der Waals surface area contributed by atoms with Gasteiger partial charge in [-0.3, -0.25) is 0 Å². The van der Waals surface area contributed by atoms with Crippen molar-refractivity contribution in [3.05, 3.63) is 28.8 Å². The number of H-pyrrole nitrogens is 1. The second kappa shape index (κ2) is 5.68. The summed E-state index contributed by atoms with van der Waals surface area (Å²) in [6, 6.07) is 4.70. The van der Waals surface area contributed by atoms with Crippen LogP contribution in [-0.4, -0.2) is 30.2 Å². The van der Waals surface area contributed by atoms with Crippen molar-refractivity contribution < 1.29 is 13.2 Å². The third-order valence-corrected chi connectivity index (χ3v) is 4.13. The van der Waals surface area contributed by atoms with Gasteiger partial charge in [0, 0.05) is 5.02 Å². The lowest BCUT2D eigenvalue weighted by Gasteiger charge is -2.08. The molecule has 0 saturated heterocycles. The maximum Gasteiger partial charge on any atom is 0.337 e. The van der Waals surface area contributed by atoms with E-state index in [9.17, 15) is 8.42 Å². The van der Waals surface area contributed by atoms with Crippen molar-refractivity contribution in [3.63, 3.8) is 0 Å². The van der Waals surface area contributed by atoms with Crippen LogP contribution in [-0.2, 0) is 10.0 Å². The van der Waals surface area contributed by atoms with Gasteiger partial charge >= 0.3 is 6.01 Å². The van der Waals surface area contributed by atoms with E-state index in [2.05, 4.69) is 19.9 Å². The smallest absolute Gasteiger partial charge is 0.337 e. The van der Waals surface area contributed by atoms with E-state index >= 15 is 0 Å². The van der Waals surface area contributed by atoms with E-state index in [1.54, 1.807) is 26.0 Å². The fourth-order valence-corrected chi connectivity index (χ4v) is 3.00. The minimum Gasteiger partial charge on any atom is -0.463 e. The molecule has 20 heavy (non-hydrogen) atoms. The highest BCUT2D eigenvalue weighted by atomic mass is 35.5. The van der Waals surface area contributed by atoms with Gasteiger partial charge < -0.3 is 4.74 Å². The molecule has 0 fully saturated rings. The van der Waals surface area contributed by atoms with Gasteiger partial charge in [-0.25, -0.2) is 18.2 Å². The van der Waals surface area contributed by atoms with Gasteiger partial charge in [-0.15, -0.1) is 5.10 Å². The fraction of sp³-hybridized carbons (Fsp3) is 0.273. The van der Waals surface area contributed by atoms with E-state index in [4.69, 9.17) is 16.3 Å². The van der Waals surface area contributed by atoms with Gasteiger partial charge in [-0.1, -0.05) is 17.7 Å². The molecule has 7 nitrogen and oxygen atoms in total. The maximum atomic E-state index is 12.2. The Kier molecular flexibility index (Phi) is 4.15. The molecule has 2 aromatic rings. The predicted octanol–water partition coefficient (Wildman–Crippen LogP) is 1.97. The molecule has 0 bridgehead atoms. The van der Waals surface area contributed by atoms with Crippen LogP contribution < -0.4 is 9.46 Å². The van der Waals surface area contributed by atoms with Crippen molar-refractivity contribution in [2.45, 2.75) is 18.7 Å². The number of halogens is 1. The van der Waals surface area contributed by atoms with E-state index < -0.39 is 10.0 Å². The van der Waals surface area contributed by atoms with Crippen molar-refractivity contribution >= 4 is 27.6 Å². The Morgan fingerprint density at radius 2 is 2.20 bits per heavy atom. The number of benzene rings is 1. The number of hydrogen-bond acceptors (Lipinski definition) is 5. The van der Waals surface area contributed by atoms with E-state index in [1.807, 2.05) is 0 Å². The summed E-state index contributed by atoms with van der Waals surface area (Å²) in [6.45, 7) is 3.84. The van der Waals surface area contributed by atoms with Crippen molar-refractivity contribution in [1.29, 1.82) is 0 Å². The number of hydrogen-bond donors (Lipinski definition) is 2. The number of nitrogens with zero attached hydrogens (tertiary/aromatic N) is 2. The van der Waals surface area contributed by atoms with E-state index in [-0.39, 0.29) is 16.9 Å². The van der Waals surface area contributed by atoms with E-state index in [0.717, 1.165) is 0 Å². The van der Waals surface area contributed by atoms with Gasteiger partial charge in [0.05, 0.1) is 11.5 Å². The van der Waals surface area contributed by atoms with Crippen molar-refractivity contribution in [1.82, 2.24) is 15.2 Å². The summed E-state index contributed by atoms with van der Waals surface area (Å²) in [6.07, 6.45) is 0. The van der Waals surface area contributed by atoms with Gasteiger partial charge in [-0.05, 0) is 31.5 Å². The predicted molar refractivity (Wildman–Crippen MR) is 74.5 cm³/mol. The fourth-order valence-electron chi connectivity index (χ4n) is 1.53. The standard InChI is InChI=1S/C11H13ClN4O3S/c1-3-19-11-13-10(14-15-11)16-20(17,18)9-6-8(12)5-4-7(9)2/h4-6H,3H2,1-2H3,(H2,13,14,15,16). The number of sulfonamides is 1. The summed E-state index contributed by atoms with van der Waals surface area (Å²) in [7, 11) is -3.79. The zero-order valence-corrected chi connectivity index (χ0v) is 12.4. The highest BCUT2D eigenvalue weighted by Crippen LogP contribution is 2.22. The number of aryl methyl sites for hydroxylation is 1. The highest BCUT2D eigenvalue weighted by Gasteiger charge is 2.19. The first-order valence-electron chi connectivity index (χ1n) is 5.76. The SMILES string of the molecule is CCOc1n[nH]c(NS(=O)(=O)c2cc(Cl)ccc2C)n1. The van der Waals surface area contributed by atoms with Crippen molar-refractivity contribution in [2.24, 2.45) is 0 Å². The first-order chi connectivity index (χ1) is 9.42. The molecule has 2 rings (SSSR count). The van der Waals surface area contributed by atoms with Gasteiger partial charge in [0.15, 0.2) is 0 Å². The number of nitrogens with one attached hydrogen (secondary N) is 2. The monoisotopic (exact) mass is 316 g/mol. The Balaban J connectivity index is 2.28. The van der Waals surface area contributed by atoms with Gasteiger partial charge in [0.25, 0.3) is 10.0 Å². The van der Waals surface area contributed by atoms with Gasteiger partial charge in [-0.2, -0.15) is 4.98 Å². The first kappa shape index (κ1) is 14.6. The molecule has 0 radical (unpaired) electrons. The zero-order chi connectivity index (χ0) is 14.8. The summed E-state index contributed by atoms with van der Waals surface area (Å²) in [4.78, 5) is 3.93. The zero-order valence-electron chi connectivity index (χ0n) is 10.8. The average Bonchev–Trinajstić information content (AvgIpc) is 2.79. The number of ether oxygens (including phenoxy) is 1. The Labute approximate surface area is 121 Å². The van der Waals surface area contributed by atoms with Crippen LogP contribution in [0.3, 0.4) is 0 Å². The number of rotatable bonds is 5. The Hall–Kier alpha value is -1.80. The topological polar surface area (TPSA) is 97.0 Å². The molecule has 0 aliphatic rings. The molecular weight excluding hydrogens is 304 g/mol. The van der Waals surface area contributed by atoms with Gasteiger partial charge in [0.1, 0.15) is 0 Å². The summed E-state index contributed by atoms with van der Waals surface area (Å²) in [5.41, 5.74) is 0.575. The van der Waals surface area contributed by atoms with Crippen LogP contribution in [0.4, 0.5) is 5.95 Å². The third kappa shape index (κ3) is 3.20. The highest BCUT2D eigenvalue weighted by molar-refractivity contribution is 7.92. The number of anilines is 1. The lowest BCUT2D eigenvalue weighted by Crippen LogP contribution is -2.15. The van der Waals surface area contributed by atoms with Gasteiger partial charge in [0.2, 0.25) is 5.95 Å². The van der Waals surface area contributed by atoms with Crippen LogP contribution in [0.1, 0.15) is 12.5 Å². The molecule has 108 valence electrons. The van der Waals surface area contributed by atoms with Crippen LogP contribution in [0.5, 0.6) is 6.01 Å². The quantitative estimate of drug-likeness (QED) is 0.879. The molecule has 9 heteroatoms. The number of aromatic nitrogens is 3. The van der Waals surface area contributed by atoms with Crippen LogP contribution in [0.15, 0.2) is 23.1 Å². The Morgan fingerprint density at radius 3 is 2.90 bits per heavy atom. The summed E-state index contributed by atoms with van der Waals surface area (Å²) in [5, 5.41) is 6.49. The van der Waals surface area contributed by atoms with Crippen LogP contribution >= 0.6 is 11.6 Å². The summed E-state index contributed by atoms with van der Waals surface area (Å²) in [5.74, 6) is -0.0205. The van der Waals surface area contributed by atoms with Crippen LogP contribution in [0.25, 0.3) is 0 Å². The Bertz CT molecular complexity index is 714. The second-order valence-corrected chi connectivity index (χ2v) is 6.00. The number of aromatic amines is 1. The first-order valence-corrected chi connectivity index (χ1v) is 7.62. The molecule has 2 N–H and O–H groups in total. The molecule has 0 saturated carbocycles. The minimum absolute atomic E-state index is 0.0205. The van der Waals surface area contributed by atoms with E-state index in [0.29, 0.717) is 17.2 Å². The largest absolute Gasteiger partial charge is 0.463 e. The normalized spacial score (nSPS) is 11.3.